The monoisotopic (exact) mass is 470 g/mol. The van der Waals surface area contributed by atoms with Crippen LogP contribution in [0.2, 0.25) is 0 Å². The number of hydrogen-bond donors (Lipinski definition) is 2. The molecule has 1 aromatic heterocycles. The Labute approximate surface area is 174 Å². The molecule has 2 aromatic rings. The van der Waals surface area contributed by atoms with Crippen LogP contribution in [0, 0.1) is 6.92 Å². The maximum atomic E-state index is 5.37. The fraction of sp³-hybridized carbons (Fsp3) is 0.450. The first-order valence-corrected chi connectivity index (χ1v) is 8.87. The molecule has 144 valence electrons. The maximum Gasteiger partial charge on any atom is 0.191 e. The number of aliphatic imine (C=N–C) groups is 1. The first kappa shape index (κ1) is 22.5. The third-order valence-electron chi connectivity index (χ3n) is 4.10. The van der Waals surface area contributed by atoms with Gasteiger partial charge in [0.1, 0.15) is 5.76 Å². The van der Waals surface area contributed by atoms with E-state index in [1.807, 2.05) is 12.1 Å². The van der Waals surface area contributed by atoms with Gasteiger partial charge in [-0.25, -0.2) is 0 Å². The Balaban J connectivity index is 0.00000338. The Kier molecular flexibility index (Phi) is 10.3. The molecule has 1 aromatic carbocycles. The Bertz CT molecular complexity index is 638. The summed E-state index contributed by atoms with van der Waals surface area (Å²) in [5.41, 5.74) is 2.56. The standard InChI is InChI=1S/C20H30N4O.HI/c1-5-21-20(22-13-12-18-7-6-14-25-18)23-15-19(24(3)4)17-10-8-16(2)9-11-17;/h6-11,14,19H,5,12-13,15H2,1-4H3,(H2,21,22,23);1H. The van der Waals surface area contributed by atoms with Crippen LogP contribution in [0.1, 0.15) is 29.9 Å². The molecule has 0 saturated carbocycles. The lowest BCUT2D eigenvalue weighted by Crippen LogP contribution is -2.39. The third-order valence-corrected chi connectivity index (χ3v) is 4.10. The lowest BCUT2D eigenvalue weighted by atomic mass is 10.0. The van der Waals surface area contributed by atoms with E-state index in [-0.39, 0.29) is 30.0 Å². The van der Waals surface area contributed by atoms with Crippen molar-refractivity contribution in [3.63, 3.8) is 0 Å². The molecule has 1 unspecified atom stereocenters. The highest BCUT2D eigenvalue weighted by Crippen LogP contribution is 2.19. The van der Waals surface area contributed by atoms with E-state index in [0.717, 1.165) is 31.2 Å². The average Bonchev–Trinajstić information content (AvgIpc) is 3.09. The van der Waals surface area contributed by atoms with E-state index in [0.29, 0.717) is 6.54 Å². The van der Waals surface area contributed by atoms with Crippen molar-refractivity contribution in [3.05, 3.63) is 59.5 Å². The van der Waals surface area contributed by atoms with Gasteiger partial charge in [0.15, 0.2) is 5.96 Å². The summed E-state index contributed by atoms with van der Waals surface area (Å²) in [5.74, 6) is 1.82. The molecular weight excluding hydrogens is 439 g/mol. The minimum absolute atomic E-state index is 0. The Morgan fingerprint density at radius 1 is 1.15 bits per heavy atom. The summed E-state index contributed by atoms with van der Waals surface area (Å²) in [4.78, 5) is 6.98. The van der Waals surface area contributed by atoms with Crippen molar-refractivity contribution in [2.24, 2.45) is 4.99 Å². The number of furan rings is 1. The molecular formula is C20H31IN4O. The number of rotatable bonds is 8. The summed E-state index contributed by atoms with van der Waals surface area (Å²) in [6.45, 7) is 6.51. The van der Waals surface area contributed by atoms with Crippen LogP contribution < -0.4 is 10.6 Å². The SMILES string of the molecule is CCNC(=NCC(c1ccc(C)cc1)N(C)C)NCCc1ccco1.I. The number of hydrogen-bond acceptors (Lipinski definition) is 3. The molecule has 1 atom stereocenters. The number of likely N-dealkylation sites (N-methyl/N-ethyl adjacent to an activating group) is 1. The highest BCUT2D eigenvalue weighted by molar-refractivity contribution is 14.0. The van der Waals surface area contributed by atoms with Gasteiger partial charge in [-0.1, -0.05) is 29.8 Å². The fourth-order valence-electron chi connectivity index (χ4n) is 2.63. The van der Waals surface area contributed by atoms with Crippen LogP contribution in [0.4, 0.5) is 0 Å². The highest BCUT2D eigenvalue weighted by atomic mass is 127. The van der Waals surface area contributed by atoms with E-state index in [1.54, 1.807) is 6.26 Å². The largest absolute Gasteiger partial charge is 0.469 e. The van der Waals surface area contributed by atoms with Gasteiger partial charge in [0, 0.05) is 19.5 Å². The number of aryl methyl sites for hydroxylation is 1. The van der Waals surface area contributed by atoms with Crippen LogP contribution in [0.15, 0.2) is 52.1 Å². The molecule has 0 spiro atoms. The summed E-state index contributed by atoms with van der Waals surface area (Å²) in [6.07, 6.45) is 2.55. The molecule has 0 aliphatic heterocycles. The lowest BCUT2D eigenvalue weighted by Gasteiger charge is -2.24. The van der Waals surface area contributed by atoms with Gasteiger partial charge in [0.2, 0.25) is 0 Å². The molecule has 0 fully saturated rings. The number of halogens is 1. The molecule has 0 aliphatic rings. The van der Waals surface area contributed by atoms with Crippen molar-refractivity contribution in [2.75, 3.05) is 33.7 Å². The van der Waals surface area contributed by atoms with E-state index < -0.39 is 0 Å². The van der Waals surface area contributed by atoms with E-state index >= 15 is 0 Å². The zero-order valence-corrected chi connectivity index (χ0v) is 18.5. The van der Waals surface area contributed by atoms with Crippen molar-refractivity contribution in [3.8, 4) is 0 Å². The van der Waals surface area contributed by atoms with Crippen LogP contribution in [0.5, 0.6) is 0 Å². The topological polar surface area (TPSA) is 52.8 Å². The summed E-state index contributed by atoms with van der Waals surface area (Å²) >= 11 is 0. The van der Waals surface area contributed by atoms with Gasteiger partial charge in [-0.2, -0.15) is 0 Å². The van der Waals surface area contributed by atoms with E-state index in [9.17, 15) is 0 Å². The van der Waals surface area contributed by atoms with Crippen molar-refractivity contribution in [1.82, 2.24) is 15.5 Å². The van der Waals surface area contributed by atoms with Crippen LogP contribution in [0.25, 0.3) is 0 Å². The zero-order chi connectivity index (χ0) is 18.1. The van der Waals surface area contributed by atoms with E-state index in [2.05, 4.69) is 67.7 Å². The average molecular weight is 470 g/mol. The van der Waals surface area contributed by atoms with Gasteiger partial charge in [0.05, 0.1) is 18.8 Å². The molecule has 0 saturated heterocycles. The molecule has 0 radical (unpaired) electrons. The van der Waals surface area contributed by atoms with Gasteiger partial charge < -0.3 is 20.0 Å². The summed E-state index contributed by atoms with van der Waals surface area (Å²) in [5, 5.41) is 6.68. The predicted molar refractivity (Wildman–Crippen MR) is 119 cm³/mol. The molecule has 1 heterocycles. The van der Waals surface area contributed by atoms with Crippen molar-refractivity contribution in [1.29, 1.82) is 0 Å². The Hall–Kier alpha value is -1.54. The molecule has 5 nitrogen and oxygen atoms in total. The summed E-state index contributed by atoms with van der Waals surface area (Å²) in [6, 6.07) is 12.8. The molecule has 0 aliphatic carbocycles. The van der Waals surface area contributed by atoms with Crippen LogP contribution >= 0.6 is 24.0 Å². The van der Waals surface area contributed by atoms with Gasteiger partial charge in [-0.3, -0.25) is 4.99 Å². The smallest absolute Gasteiger partial charge is 0.191 e. The zero-order valence-electron chi connectivity index (χ0n) is 16.2. The molecule has 2 rings (SSSR count). The normalized spacial score (nSPS) is 12.6. The molecule has 0 amide bonds. The first-order chi connectivity index (χ1) is 12.1. The second kappa shape index (κ2) is 12.0. The lowest BCUT2D eigenvalue weighted by molar-refractivity contribution is 0.306. The number of guanidine groups is 1. The Morgan fingerprint density at radius 2 is 1.88 bits per heavy atom. The maximum absolute atomic E-state index is 5.37. The summed E-state index contributed by atoms with van der Waals surface area (Å²) < 4.78 is 5.37. The van der Waals surface area contributed by atoms with Crippen LogP contribution in [-0.4, -0.2) is 44.6 Å². The minimum atomic E-state index is 0. The molecule has 26 heavy (non-hydrogen) atoms. The van der Waals surface area contributed by atoms with Gasteiger partial charge >= 0.3 is 0 Å². The van der Waals surface area contributed by atoms with E-state index in [4.69, 9.17) is 9.41 Å². The summed E-state index contributed by atoms with van der Waals surface area (Å²) in [7, 11) is 4.19. The third kappa shape index (κ3) is 7.37. The van der Waals surface area contributed by atoms with E-state index in [1.165, 1.54) is 11.1 Å². The molecule has 2 N–H and O–H groups in total. The number of benzene rings is 1. The Morgan fingerprint density at radius 3 is 2.46 bits per heavy atom. The van der Waals surface area contributed by atoms with Crippen molar-refractivity contribution >= 4 is 29.9 Å². The number of nitrogens with zero attached hydrogens (tertiary/aromatic N) is 2. The van der Waals surface area contributed by atoms with Crippen LogP contribution in [0.3, 0.4) is 0 Å². The fourth-order valence-corrected chi connectivity index (χ4v) is 2.63. The number of nitrogens with one attached hydrogen (secondary N) is 2. The predicted octanol–water partition coefficient (Wildman–Crippen LogP) is 3.61. The first-order valence-electron chi connectivity index (χ1n) is 8.87. The van der Waals surface area contributed by atoms with Crippen molar-refractivity contribution in [2.45, 2.75) is 26.3 Å². The molecule has 0 bridgehead atoms. The van der Waals surface area contributed by atoms with Crippen molar-refractivity contribution < 1.29 is 4.42 Å². The minimum Gasteiger partial charge on any atom is -0.469 e. The van der Waals surface area contributed by atoms with Gasteiger partial charge in [0.25, 0.3) is 0 Å². The van der Waals surface area contributed by atoms with Gasteiger partial charge in [-0.05, 0) is 45.6 Å². The quantitative estimate of drug-likeness (QED) is 0.352. The highest BCUT2D eigenvalue weighted by Gasteiger charge is 2.13. The van der Waals surface area contributed by atoms with Crippen LogP contribution in [-0.2, 0) is 6.42 Å². The second-order valence-electron chi connectivity index (χ2n) is 6.37. The molecule has 6 heteroatoms. The van der Waals surface area contributed by atoms with Gasteiger partial charge in [-0.15, -0.1) is 24.0 Å². The second-order valence-corrected chi connectivity index (χ2v) is 6.37.